The van der Waals surface area contributed by atoms with Crippen LogP contribution in [0, 0.1) is 23.1 Å². The minimum absolute atomic E-state index is 0.261. The summed E-state index contributed by atoms with van der Waals surface area (Å²) in [6.07, 6.45) is 2.45. The maximum absolute atomic E-state index is 13.8. The van der Waals surface area contributed by atoms with Crippen molar-refractivity contribution in [1.82, 2.24) is 4.90 Å². The Labute approximate surface area is 108 Å². The average molecular weight is 246 g/mol. The van der Waals surface area contributed by atoms with Gasteiger partial charge in [-0.15, -0.1) is 0 Å². The quantitative estimate of drug-likeness (QED) is 0.797. The van der Waals surface area contributed by atoms with Gasteiger partial charge in [0.1, 0.15) is 5.82 Å². The molecular formula is C15H19FN2. The van der Waals surface area contributed by atoms with Gasteiger partial charge in [0, 0.05) is 24.7 Å². The topological polar surface area (TPSA) is 27.0 Å². The van der Waals surface area contributed by atoms with Crippen LogP contribution in [0.25, 0.3) is 0 Å². The van der Waals surface area contributed by atoms with Crippen molar-refractivity contribution in [2.24, 2.45) is 5.92 Å². The van der Waals surface area contributed by atoms with Gasteiger partial charge < -0.3 is 0 Å². The lowest BCUT2D eigenvalue weighted by Gasteiger charge is -2.24. The summed E-state index contributed by atoms with van der Waals surface area (Å²) in [5.74, 6) is 0.329. The molecule has 96 valence electrons. The fraction of sp³-hybridized carbons (Fsp3) is 0.533. The number of rotatable bonds is 5. The van der Waals surface area contributed by atoms with E-state index in [0.29, 0.717) is 29.6 Å². The molecule has 0 spiro atoms. The lowest BCUT2D eigenvalue weighted by Crippen LogP contribution is -2.29. The molecule has 0 aliphatic heterocycles. The molecule has 1 saturated carbocycles. The Morgan fingerprint density at radius 3 is 2.67 bits per heavy atom. The van der Waals surface area contributed by atoms with Crippen LogP contribution in [-0.2, 0) is 6.54 Å². The van der Waals surface area contributed by atoms with Gasteiger partial charge in [-0.25, -0.2) is 4.39 Å². The first kappa shape index (κ1) is 13.0. The van der Waals surface area contributed by atoms with Crippen molar-refractivity contribution in [2.75, 3.05) is 6.54 Å². The molecule has 18 heavy (non-hydrogen) atoms. The number of hydrogen-bond donors (Lipinski definition) is 0. The molecule has 0 atom stereocenters. The largest absolute Gasteiger partial charge is 0.296 e. The predicted octanol–water partition coefficient (Wildman–Crippen LogP) is 3.32. The Hall–Kier alpha value is -1.40. The van der Waals surface area contributed by atoms with Crippen molar-refractivity contribution < 1.29 is 4.39 Å². The maximum atomic E-state index is 13.8. The number of hydrogen-bond acceptors (Lipinski definition) is 2. The predicted molar refractivity (Wildman–Crippen MR) is 69.4 cm³/mol. The third kappa shape index (κ3) is 3.30. The Bertz CT molecular complexity index is 458. The van der Waals surface area contributed by atoms with Gasteiger partial charge >= 0.3 is 0 Å². The number of nitriles is 1. The van der Waals surface area contributed by atoms with E-state index >= 15 is 0 Å². The Balaban J connectivity index is 2.09. The molecule has 1 aliphatic rings. The van der Waals surface area contributed by atoms with Crippen LogP contribution in [0.15, 0.2) is 18.2 Å². The van der Waals surface area contributed by atoms with E-state index in [4.69, 9.17) is 5.26 Å². The summed E-state index contributed by atoms with van der Waals surface area (Å²) in [6, 6.07) is 7.35. The van der Waals surface area contributed by atoms with E-state index in [1.807, 2.05) is 6.07 Å². The highest BCUT2D eigenvalue weighted by Crippen LogP contribution is 2.29. The normalized spacial score (nSPS) is 15.1. The van der Waals surface area contributed by atoms with Crippen molar-refractivity contribution in [3.8, 4) is 6.07 Å². The number of nitrogens with zero attached hydrogens (tertiary/aromatic N) is 2. The van der Waals surface area contributed by atoms with Crippen LogP contribution in [0.5, 0.6) is 0 Å². The molecule has 1 aromatic carbocycles. The van der Waals surface area contributed by atoms with E-state index in [1.165, 1.54) is 18.9 Å². The van der Waals surface area contributed by atoms with Gasteiger partial charge in [-0.3, -0.25) is 4.90 Å². The van der Waals surface area contributed by atoms with Crippen LogP contribution in [0.2, 0.25) is 0 Å². The van der Waals surface area contributed by atoms with Gasteiger partial charge in [-0.1, -0.05) is 19.9 Å². The van der Waals surface area contributed by atoms with Crippen LogP contribution in [0.1, 0.15) is 37.8 Å². The SMILES string of the molecule is CC(C)CN(Cc1ccc(C#N)cc1F)C1CC1. The lowest BCUT2D eigenvalue weighted by atomic mass is 10.1. The smallest absolute Gasteiger partial charge is 0.129 e. The van der Waals surface area contributed by atoms with Crippen molar-refractivity contribution in [3.63, 3.8) is 0 Å². The lowest BCUT2D eigenvalue weighted by molar-refractivity contribution is 0.223. The van der Waals surface area contributed by atoms with Gasteiger partial charge in [0.05, 0.1) is 11.6 Å². The second kappa shape index (κ2) is 5.49. The molecule has 0 aromatic heterocycles. The van der Waals surface area contributed by atoms with Crippen LogP contribution in [0.4, 0.5) is 4.39 Å². The van der Waals surface area contributed by atoms with E-state index < -0.39 is 0 Å². The van der Waals surface area contributed by atoms with E-state index in [-0.39, 0.29) is 5.82 Å². The molecule has 0 amide bonds. The van der Waals surface area contributed by atoms with Gasteiger partial charge in [-0.05, 0) is 30.9 Å². The summed E-state index contributed by atoms with van der Waals surface area (Å²) >= 11 is 0. The average Bonchev–Trinajstić information content (AvgIpc) is 3.14. The Kier molecular flexibility index (Phi) is 3.98. The highest BCUT2D eigenvalue weighted by molar-refractivity contribution is 5.32. The zero-order chi connectivity index (χ0) is 13.1. The minimum atomic E-state index is -0.261. The first-order chi connectivity index (χ1) is 8.60. The van der Waals surface area contributed by atoms with Crippen LogP contribution in [-0.4, -0.2) is 17.5 Å². The molecule has 1 aromatic rings. The van der Waals surface area contributed by atoms with Crippen LogP contribution >= 0.6 is 0 Å². The molecule has 0 bridgehead atoms. The third-order valence-electron chi connectivity index (χ3n) is 3.22. The first-order valence-electron chi connectivity index (χ1n) is 6.52. The molecule has 0 saturated heterocycles. The summed E-state index contributed by atoms with van der Waals surface area (Å²) in [5.41, 5.74) is 1.08. The van der Waals surface area contributed by atoms with Crippen molar-refractivity contribution in [3.05, 3.63) is 35.1 Å². The summed E-state index contributed by atoms with van der Waals surface area (Å²) < 4.78 is 13.8. The highest BCUT2D eigenvalue weighted by Gasteiger charge is 2.29. The molecular weight excluding hydrogens is 227 g/mol. The van der Waals surface area contributed by atoms with E-state index in [9.17, 15) is 4.39 Å². The molecule has 0 N–H and O–H groups in total. The molecule has 2 rings (SSSR count). The van der Waals surface area contributed by atoms with E-state index in [2.05, 4.69) is 18.7 Å². The Morgan fingerprint density at radius 1 is 1.44 bits per heavy atom. The summed E-state index contributed by atoms with van der Waals surface area (Å²) in [6.45, 7) is 6.03. The van der Waals surface area contributed by atoms with Crippen LogP contribution < -0.4 is 0 Å². The molecule has 0 heterocycles. The van der Waals surface area contributed by atoms with Gasteiger partial charge in [0.25, 0.3) is 0 Å². The van der Waals surface area contributed by atoms with Gasteiger partial charge in [-0.2, -0.15) is 5.26 Å². The molecule has 0 unspecified atom stereocenters. The van der Waals surface area contributed by atoms with Gasteiger partial charge in [0.15, 0.2) is 0 Å². The standard InChI is InChI=1S/C15H19FN2/c1-11(2)9-18(14-5-6-14)10-13-4-3-12(8-17)7-15(13)16/h3-4,7,11,14H,5-6,9-10H2,1-2H3. The van der Waals surface area contributed by atoms with Gasteiger partial charge in [0.2, 0.25) is 0 Å². The van der Waals surface area contributed by atoms with E-state index in [1.54, 1.807) is 12.1 Å². The number of benzene rings is 1. The second-order valence-electron chi connectivity index (χ2n) is 5.47. The summed E-state index contributed by atoms with van der Waals surface area (Å²) in [7, 11) is 0. The molecule has 0 radical (unpaired) electrons. The summed E-state index contributed by atoms with van der Waals surface area (Å²) in [5, 5.41) is 8.72. The monoisotopic (exact) mass is 246 g/mol. The fourth-order valence-corrected chi connectivity index (χ4v) is 2.22. The minimum Gasteiger partial charge on any atom is -0.296 e. The maximum Gasteiger partial charge on any atom is 0.129 e. The van der Waals surface area contributed by atoms with Crippen LogP contribution in [0.3, 0.4) is 0 Å². The third-order valence-corrected chi connectivity index (χ3v) is 3.22. The second-order valence-corrected chi connectivity index (χ2v) is 5.47. The Morgan fingerprint density at radius 2 is 2.17 bits per heavy atom. The molecule has 2 nitrogen and oxygen atoms in total. The molecule has 1 fully saturated rings. The fourth-order valence-electron chi connectivity index (χ4n) is 2.22. The van der Waals surface area contributed by atoms with Crippen molar-refractivity contribution in [1.29, 1.82) is 5.26 Å². The summed E-state index contributed by atoms with van der Waals surface area (Å²) in [4.78, 5) is 2.36. The molecule has 1 aliphatic carbocycles. The van der Waals surface area contributed by atoms with Crippen molar-refractivity contribution in [2.45, 2.75) is 39.3 Å². The highest BCUT2D eigenvalue weighted by atomic mass is 19.1. The number of halogens is 1. The zero-order valence-corrected chi connectivity index (χ0v) is 11.0. The zero-order valence-electron chi connectivity index (χ0n) is 11.0. The van der Waals surface area contributed by atoms with Crippen molar-refractivity contribution >= 4 is 0 Å². The molecule has 3 heteroatoms. The van der Waals surface area contributed by atoms with E-state index in [0.717, 1.165) is 6.54 Å². The first-order valence-corrected chi connectivity index (χ1v) is 6.52.